The molecule has 1 rings (SSSR count). The summed E-state index contributed by atoms with van der Waals surface area (Å²) in [5.74, 6) is 0. The van der Waals surface area contributed by atoms with Gasteiger partial charge in [-0.3, -0.25) is 10.1 Å². The molecule has 7 heteroatoms. The van der Waals surface area contributed by atoms with Crippen LogP contribution in [0.3, 0.4) is 0 Å². The largest absolute Gasteiger partial charge is 0.357 e. The van der Waals surface area contributed by atoms with Gasteiger partial charge in [0.15, 0.2) is 5.13 Å². The third-order valence-electron chi connectivity index (χ3n) is 1.10. The van der Waals surface area contributed by atoms with Gasteiger partial charge in [0.05, 0.1) is 4.92 Å². The number of hydrogen-bond acceptors (Lipinski definition) is 5. The van der Waals surface area contributed by atoms with Crippen LogP contribution in [0.5, 0.6) is 0 Å². The van der Waals surface area contributed by atoms with Crippen LogP contribution in [0.25, 0.3) is 0 Å². The predicted octanol–water partition coefficient (Wildman–Crippen LogP) is 2.37. The van der Waals surface area contributed by atoms with Gasteiger partial charge in [-0.2, -0.15) is 0 Å². The number of aromatic nitrogens is 1. The van der Waals surface area contributed by atoms with Gasteiger partial charge in [-0.1, -0.05) is 22.5 Å². The van der Waals surface area contributed by atoms with Crippen molar-refractivity contribution >= 4 is 37.4 Å². The third kappa shape index (κ3) is 3.11. The number of thiazole rings is 1. The first-order valence-electron chi connectivity index (χ1n) is 3.27. The summed E-state index contributed by atoms with van der Waals surface area (Å²) in [5.41, 5.74) is 0. The minimum Gasteiger partial charge on any atom is -0.357 e. The average molecular weight is 264 g/mol. The Morgan fingerprint density at radius 3 is 3.08 bits per heavy atom. The normalized spacial score (nSPS) is 9.62. The lowest BCUT2D eigenvalue weighted by atomic mass is 10.6. The van der Waals surface area contributed by atoms with Gasteiger partial charge in [-0.25, -0.2) is 4.98 Å². The van der Waals surface area contributed by atoms with E-state index in [1.807, 2.05) is 0 Å². The molecule has 0 saturated heterocycles. The zero-order valence-corrected chi connectivity index (χ0v) is 8.89. The molecule has 0 atom stereocenters. The Labute approximate surface area is 86.8 Å². The van der Waals surface area contributed by atoms with Gasteiger partial charge in [0.1, 0.15) is 6.20 Å². The van der Waals surface area contributed by atoms with Crippen molar-refractivity contribution in [1.82, 2.24) is 4.98 Å². The van der Waals surface area contributed by atoms with Crippen LogP contribution < -0.4 is 5.32 Å². The molecule has 1 heterocycles. The second-order valence-electron chi connectivity index (χ2n) is 2.13. The maximum atomic E-state index is 10.3. The minimum atomic E-state index is -0.466. The summed E-state index contributed by atoms with van der Waals surface area (Å²) in [6.45, 7) is 4.11. The Kier molecular flexibility index (Phi) is 3.38. The van der Waals surface area contributed by atoms with Crippen LogP contribution >= 0.6 is 27.3 Å². The SMILES string of the molecule is C=C(Br)CNc1ncc([N+](=O)[O-])s1. The van der Waals surface area contributed by atoms with Crippen LogP contribution in [-0.2, 0) is 0 Å². The van der Waals surface area contributed by atoms with Crippen LogP contribution in [0.15, 0.2) is 17.3 Å². The highest BCUT2D eigenvalue weighted by Crippen LogP contribution is 2.24. The quantitative estimate of drug-likeness (QED) is 0.669. The average Bonchev–Trinajstić information content (AvgIpc) is 2.48. The monoisotopic (exact) mass is 263 g/mol. The fourth-order valence-electron chi connectivity index (χ4n) is 0.603. The van der Waals surface area contributed by atoms with Crippen LogP contribution in [0.2, 0.25) is 0 Å². The summed E-state index contributed by atoms with van der Waals surface area (Å²) < 4.78 is 0.769. The van der Waals surface area contributed by atoms with E-state index in [0.29, 0.717) is 11.7 Å². The minimum absolute atomic E-state index is 0.0303. The summed E-state index contributed by atoms with van der Waals surface area (Å²) in [6.07, 6.45) is 1.23. The molecular formula is C6H6BrN3O2S. The predicted molar refractivity (Wildman–Crippen MR) is 55.3 cm³/mol. The van der Waals surface area contributed by atoms with Gasteiger partial charge in [-0.05, 0) is 11.3 Å². The first-order valence-corrected chi connectivity index (χ1v) is 4.88. The summed E-state index contributed by atoms with van der Waals surface area (Å²) in [5, 5.41) is 13.7. The molecule has 70 valence electrons. The van der Waals surface area contributed by atoms with Gasteiger partial charge >= 0.3 is 5.00 Å². The zero-order chi connectivity index (χ0) is 9.84. The highest BCUT2D eigenvalue weighted by atomic mass is 79.9. The Balaban J connectivity index is 2.59. The molecule has 1 N–H and O–H groups in total. The van der Waals surface area contributed by atoms with E-state index in [1.165, 1.54) is 6.20 Å². The Bertz CT molecular complexity index is 338. The Morgan fingerprint density at radius 1 is 1.92 bits per heavy atom. The summed E-state index contributed by atoms with van der Waals surface area (Å²) in [7, 11) is 0. The van der Waals surface area contributed by atoms with Gasteiger partial charge in [0.25, 0.3) is 0 Å². The standard InChI is InChI=1S/C6H6BrN3O2S/c1-4(7)2-8-6-9-3-5(13-6)10(11)12/h3H,1-2H2,(H,8,9). The summed E-state index contributed by atoms with van der Waals surface area (Å²) in [6, 6.07) is 0. The smallest absolute Gasteiger partial charge is 0.345 e. The highest BCUT2D eigenvalue weighted by Gasteiger charge is 2.10. The molecule has 0 amide bonds. The molecule has 1 aromatic heterocycles. The van der Waals surface area contributed by atoms with E-state index in [4.69, 9.17) is 0 Å². The van der Waals surface area contributed by atoms with Crippen molar-refractivity contribution in [3.8, 4) is 0 Å². The summed E-state index contributed by atoms with van der Waals surface area (Å²) in [4.78, 5) is 13.6. The van der Waals surface area contributed by atoms with Crippen LogP contribution in [0.4, 0.5) is 10.1 Å². The van der Waals surface area contributed by atoms with Crippen LogP contribution in [0, 0.1) is 10.1 Å². The molecule has 1 aromatic rings. The van der Waals surface area contributed by atoms with Crippen molar-refractivity contribution in [3.05, 3.63) is 27.4 Å². The number of rotatable bonds is 4. The lowest BCUT2D eigenvalue weighted by Crippen LogP contribution is -1.99. The molecule has 0 aliphatic carbocycles. The van der Waals surface area contributed by atoms with Gasteiger partial charge in [0.2, 0.25) is 0 Å². The van der Waals surface area contributed by atoms with E-state index in [-0.39, 0.29) is 5.00 Å². The second-order valence-corrected chi connectivity index (χ2v) is 4.26. The zero-order valence-electron chi connectivity index (χ0n) is 6.49. The lowest BCUT2D eigenvalue weighted by molar-refractivity contribution is -0.380. The van der Waals surface area contributed by atoms with Gasteiger partial charge in [0, 0.05) is 11.0 Å². The lowest BCUT2D eigenvalue weighted by Gasteiger charge is -1.97. The first kappa shape index (κ1) is 10.1. The second kappa shape index (κ2) is 4.33. The highest BCUT2D eigenvalue weighted by molar-refractivity contribution is 9.11. The maximum Gasteiger partial charge on any atom is 0.345 e. The van der Waals surface area contributed by atoms with Gasteiger partial charge in [-0.15, -0.1) is 0 Å². The fourth-order valence-corrected chi connectivity index (χ4v) is 1.37. The van der Waals surface area contributed by atoms with Crippen molar-refractivity contribution < 1.29 is 4.92 Å². The number of nitrogens with zero attached hydrogens (tertiary/aromatic N) is 2. The molecule has 5 nitrogen and oxygen atoms in total. The molecule has 0 radical (unpaired) electrons. The molecular weight excluding hydrogens is 258 g/mol. The van der Waals surface area contributed by atoms with Gasteiger partial charge < -0.3 is 5.32 Å². The fraction of sp³-hybridized carbons (Fsp3) is 0.167. The number of hydrogen-bond donors (Lipinski definition) is 1. The third-order valence-corrected chi connectivity index (χ3v) is 2.29. The van der Waals surface area contributed by atoms with E-state index in [9.17, 15) is 10.1 Å². The molecule has 0 saturated carbocycles. The van der Waals surface area contributed by atoms with Crippen LogP contribution in [0.1, 0.15) is 0 Å². The molecule has 0 aliphatic heterocycles. The summed E-state index contributed by atoms with van der Waals surface area (Å²) >= 11 is 4.15. The van der Waals surface area contributed by atoms with Crippen molar-refractivity contribution in [2.24, 2.45) is 0 Å². The van der Waals surface area contributed by atoms with E-state index in [0.717, 1.165) is 15.8 Å². The number of anilines is 1. The molecule has 13 heavy (non-hydrogen) atoms. The molecule has 0 spiro atoms. The molecule has 0 aromatic carbocycles. The van der Waals surface area contributed by atoms with Crippen molar-refractivity contribution in [2.45, 2.75) is 0 Å². The molecule has 0 fully saturated rings. The van der Waals surface area contributed by atoms with Crippen molar-refractivity contribution in [2.75, 3.05) is 11.9 Å². The van der Waals surface area contributed by atoms with Crippen molar-refractivity contribution in [3.63, 3.8) is 0 Å². The topological polar surface area (TPSA) is 68.1 Å². The Morgan fingerprint density at radius 2 is 2.62 bits per heavy atom. The van der Waals surface area contributed by atoms with Crippen molar-refractivity contribution in [1.29, 1.82) is 0 Å². The molecule has 0 bridgehead atoms. The number of nitro groups is 1. The van der Waals surface area contributed by atoms with E-state index >= 15 is 0 Å². The number of nitrogens with one attached hydrogen (secondary N) is 1. The molecule has 0 unspecified atom stereocenters. The van der Waals surface area contributed by atoms with E-state index in [1.54, 1.807) is 0 Å². The maximum absolute atomic E-state index is 10.3. The van der Waals surface area contributed by atoms with Crippen LogP contribution in [-0.4, -0.2) is 16.5 Å². The first-order chi connectivity index (χ1) is 6.09. The Hall–Kier alpha value is -0.950. The number of halogens is 1. The van der Waals surface area contributed by atoms with E-state index in [2.05, 4.69) is 32.8 Å². The van der Waals surface area contributed by atoms with E-state index < -0.39 is 4.92 Å². The molecule has 0 aliphatic rings.